The van der Waals surface area contributed by atoms with E-state index in [1.807, 2.05) is 4.72 Å². The summed E-state index contributed by atoms with van der Waals surface area (Å²) in [5, 5.41) is 7.12. The van der Waals surface area contributed by atoms with Crippen molar-refractivity contribution >= 4 is 21.9 Å². The number of carboxylic acid groups (broad SMARTS) is 1. The predicted octanol–water partition coefficient (Wildman–Crippen LogP) is 4.69. The Bertz CT molecular complexity index is 1340. The van der Waals surface area contributed by atoms with Crippen LogP contribution < -0.4 is 9.46 Å². The number of halogens is 4. The van der Waals surface area contributed by atoms with Gasteiger partial charge in [-0.2, -0.15) is 13.2 Å². The van der Waals surface area contributed by atoms with Crippen molar-refractivity contribution in [2.75, 3.05) is 19.3 Å². The number of amides is 1. The van der Waals surface area contributed by atoms with Gasteiger partial charge in [-0.15, -0.1) is 0 Å². The van der Waals surface area contributed by atoms with Gasteiger partial charge < -0.3 is 9.84 Å². The molecule has 220 valence electrons. The second kappa shape index (κ2) is 12.5. The van der Waals surface area contributed by atoms with E-state index < -0.39 is 33.9 Å². The van der Waals surface area contributed by atoms with Crippen LogP contribution in [-0.2, 0) is 21.4 Å². The summed E-state index contributed by atoms with van der Waals surface area (Å²) in [5.74, 6) is -3.82. The molecule has 1 aliphatic carbocycles. The van der Waals surface area contributed by atoms with Crippen LogP contribution in [0.2, 0.25) is 0 Å². The first-order chi connectivity index (χ1) is 18.5. The monoisotopic (exact) mass is 588 g/mol. The molecule has 4 rings (SSSR count). The third kappa shape index (κ3) is 9.47. The minimum Gasteiger partial charge on any atom is -0.489 e. The van der Waals surface area contributed by atoms with Gasteiger partial charge in [0.2, 0.25) is 10.0 Å². The minimum atomic E-state index is -5.08. The molecule has 0 radical (unpaired) electrons. The van der Waals surface area contributed by atoms with Gasteiger partial charge in [-0.1, -0.05) is 29.3 Å². The molecule has 1 heterocycles. The lowest BCUT2D eigenvalue weighted by Crippen LogP contribution is -2.40. The average molecular weight is 589 g/mol. The highest BCUT2D eigenvalue weighted by Gasteiger charge is 2.38. The molecular weight excluding hydrogens is 556 g/mol. The molecule has 0 spiro atoms. The molecule has 2 N–H and O–H groups in total. The first kappa shape index (κ1) is 31.3. The van der Waals surface area contributed by atoms with Crippen molar-refractivity contribution in [1.82, 2.24) is 9.62 Å². The van der Waals surface area contributed by atoms with Gasteiger partial charge in [0, 0.05) is 19.2 Å². The van der Waals surface area contributed by atoms with Crippen LogP contribution in [0, 0.1) is 19.7 Å². The molecule has 0 aromatic heterocycles. The van der Waals surface area contributed by atoms with Crippen LogP contribution in [-0.4, -0.2) is 61.9 Å². The Balaban J connectivity index is 0.000000559. The number of carbonyl (C=O) groups excluding carboxylic acids is 1. The standard InChI is InChI=1S/C25H31FN2O4S.C2HF3O2/c1-16-9-17(2)11-18(10-16)14-28-8-4-5-20(15-28)32-24-13-23(26)22(12-21(24)19-6-7-19)25(29)27-33(3,30)31;3-2(4,5)1(6)7/h9-13,19-20H,4-8,14-15H2,1-3H3,(H,27,29);(H,6,7)/t20-;/m1./s1. The van der Waals surface area contributed by atoms with Crippen molar-refractivity contribution in [2.24, 2.45) is 0 Å². The lowest BCUT2D eigenvalue weighted by atomic mass is 10.0. The summed E-state index contributed by atoms with van der Waals surface area (Å²) in [4.78, 5) is 23.5. The normalized spacial score (nSPS) is 17.9. The van der Waals surface area contributed by atoms with Crippen LogP contribution in [0.4, 0.5) is 17.6 Å². The second-order valence-corrected chi connectivity index (χ2v) is 12.0. The van der Waals surface area contributed by atoms with E-state index in [1.165, 1.54) is 28.8 Å². The Labute approximate surface area is 230 Å². The van der Waals surface area contributed by atoms with Crippen LogP contribution in [0.25, 0.3) is 0 Å². The summed E-state index contributed by atoms with van der Waals surface area (Å²) in [6.45, 7) is 6.78. The number of aryl methyl sites for hydroxylation is 2. The number of nitrogens with one attached hydrogen (secondary N) is 1. The number of ether oxygens (including phenoxy) is 1. The van der Waals surface area contributed by atoms with Gasteiger partial charge in [-0.05, 0) is 69.2 Å². The molecular formula is C27H32F4N2O6S. The van der Waals surface area contributed by atoms with Gasteiger partial charge in [-0.25, -0.2) is 22.3 Å². The molecule has 40 heavy (non-hydrogen) atoms. The molecule has 1 aliphatic heterocycles. The summed E-state index contributed by atoms with van der Waals surface area (Å²) in [7, 11) is -3.78. The number of nitrogens with zero attached hydrogens (tertiary/aromatic N) is 1. The summed E-state index contributed by atoms with van der Waals surface area (Å²) >= 11 is 0. The van der Waals surface area contributed by atoms with E-state index in [9.17, 15) is 30.8 Å². The number of hydrogen-bond acceptors (Lipinski definition) is 6. The fourth-order valence-corrected chi connectivity index (χ4v) is 5.08. The van der Waals surface area contributed by atoms with Gasteiger partial charge in [0.1, 0.15) is 17.7 Å². The molecule has 2 aromatic rings. The van der Waals surface area contributed by atoms with Gasteiger partial charge in [0.15, 0.2) is 0 Å². The molecule has 2 aromatic carbocycles. The molecule has 0 bridgehead atoms. The third-order valence-corrected chi connectivity index (χ3v) is 6.88. The Morgan fingerprint density at radius 2 is 1.68 bits per heavy atom. The fraction of sp³-hybridized carbons (Fsp3) is 0.481. The van der Waals surface area contributed by atoms with E-state index in [1.54, 1.807) is 0 Å². The van der Waals surface area contributed by atoms with E-state index in [4.69, 9.17) is 14.6 Å². The summed E-state index contributed by atoms with van der Waals surface area (Å²) in [5.41, 5.74) is 4.29. The summed E-state index contributed by atoms with van der Waals surface area (Å²) < 4.78 is 77.5. The van der Waals surface area contributed by atoms with Crippen LogP contribution in [0.1, 0.15) is 64.2 Å². The smallest absolute Gasteiger partial charge is 0.489 e. The van der Waals surface area contributed by atoms with Crippen LogP contribution in [0.15, 0.2) is 30.3 Å². The van der Waals surface area contributed by atoms with E-state index in [2.05, 4.69) is 36.9 Å². The number of piperidine rings is 1. The minimum absolute atomic E-state index is 0.0720. The van der Waals surface area contributed by atoms with Gasteiger partial charge >= 0.3 is 12.1 Å². The number of sulfonamides is 1. The summed E-state index contributed by atoms with van der Waals surface area (Å²) in [6, 6.07) is 9.28. The van der Waals surface area contributed by atoms with Gasteiger partial charge in [-0.3, -0.25) is 9.69 Å². The van der Waals surface area contributed by atoms with E-state index in [-0.39, 0.29) is 17.6 Å². The number of benzene rings is 2. The van der Waals surface area contributed by atoms with Crippen molar-refractivity contribution in [1.29, 1.82) is 0 Å². The highest BCUT2D eigenvalue weighted by atomic mass is 32.2. The molecule has 1 saturated carbocycles. The Morgan fingerprint density at radius 1 is 1.07 bits per heavy atom. The zero-order valence-electron chi connectivity index (χ0n) is 22.3. The number of likely N-dealkylation sites (tertiary alicyclic amines) is 1. The van der Waals surface area contributed by atoms with Crippen molar-refractivity contribution in [3.05, 3.63) is 64.0 Å². The fourth-order valence-electron chi connectivity index (χ4n) is 4.64. The molecule has 2 fully saturated rings. The Morgan fingerprint density at radius 3 is 2.20 bits per heavy atom. The molecule has 2 aliphatic rings. The largest absolute Gasteiger partial charge is 0.490 e. The van der Waals surface area contributed by atoms with Crippen LogP contribution >= 0.6 is 0 Å². The van der Waals surface area contributed by atoms with Gasteiger partial charge in [0.05, 0.1) is 11.8 Å². The maximum Gasteiger partial charge on any atom is 0.490 e. The molecule has 13 heteroatoms. The van der Waals surface area contributed by atoms with Crippen LogP contribution in [0.3, 0.4) is 0 Å². The maximum atomic E-state index is 14.8. The lowest BCUT2D eigenvalue weighted by Gasteiger charge is -2.33. The first-order valence-corrected chi connectivity index (χ1v) is 14.5. The topological polar surface area (TPSA) is 113 Å². The van der Waals surface area contributed by atoms with E-state index in [0.717, 1.165) is 57.1 Å². The number of alkyl halides is 3. The summed E-state index contributed by atoms with van der Waals surface area (Å²) in [6.07, 6.45) is -0.527. The second-order valence-electron chi connectivity index (χ2n) is 10.3. The number of rotatable bonds is 7. The highest BCUT2D eigenvalue weighted by molar-refractivity contribution is 7.89. The third-order valence-electron chi connectivity index (χ3n) is 6.33. The predicted molar refractivity (Wildman–Crippen MR) is 139 cm³/mol. The van der Waals surface area contributed by atoms with Crippen molar-refractivity contribution in [3.8, 4) is 5.75 Å². The molecule has 1 amide bonds. The Kier molecular flexibility index (Phi) is 9.83. The van der Waals surface area contributed by atoms with Crippen molar-refractivity contribution < 1.29 is 45.4 Å². The number of carbonyl (C=O) groups is 2. The zero-order valence-corrected chi connectivity index (χ0v) is 23.2. The lowest BCUT2D eigenvalue weighted by molar-refractivity contribution is -0.192. The SMILES string of the molecule is Cc1cc(C)cc(CN2CCC[C@@H](Oc3cc(F)c(C(=O)NS(C)(=O)=O)cc3C3CC3)C2)c1.O=C(O)C(F)(F)F. The number of hydrogen-bond donors (Lipinski definition) is 2. The van der Waals surface area contributed by atoms with Crippen LogP contribution in [0.5, 0.6) is 5.75 Å². The first-order valence-electron chi connectivity index (χ1n) is 12.6. The average Bonchev–Trinajstić information content (AvgIpc) is 3.62. The molecule has 1 saturated heterocycles. The highest BCUT2D eigenvalue weighted by Crippen LogP contribution is 2.45. The molecule has 0 unspecified atom stereocenters. The van der Waals surface area contributed by atoms with E-state index >= 15 is 0 Å². The molecule has 1 atom stereocenters. The number of aliphatic carboxylic acids is 1. The zero-order chi connectivity index (χ0) is 29.8. The van der Waals surface area contributed by atoms with E-state index in [0.29, 0.717) is 5.75 Å². The molecule has 8 nitrogen and oxygen atoms in total. The van der Waals surface area contributed by atoms with Crippen molar-refractivity contribution in [2.45, 2.75) is 64.3 Å². The maximum absolute atomic E-state index is 14.8. The van der Waals surface area contributed by atoms with Gasteiger partial charge in [0.25, 0.3) is 5.91 Å². The van der Waals surface area contributed by atoms with Crippen molar-refractivity contribution in [3.63, 3.8) is 0 Å². The quantitative estimate of drug-likeness (QED) is 0.452. The Hall–Kier alpha value is -3.19. The number of carboxylic acids is 1.